The second-order valence-corrected chi connectivity index (χ2v) is 7.44. The summed E-state index contributed by atoms with van der Waals surface area (Å²) in [5, 5.41) is 17.2. The number of nitrogens with zero attached hydrogens (tertiary/aromatic N) is 5. The maximum atomic E-state index is 11.6. The van der Waals surface area contributed by atoms with Crippen molar-refractivity contribution in [1.29, 1.82) is 0 Å². The number of hydrogen-bond acceptors (Lipinski definition) is 6. The van der Waals surface area contributed by atoms with Crippen LogP contribution in [0.25, 0.3) is 11.3 Å². The summed E-state index contributed by atoms with van der Waals surface area (Å²) in [6, 6.07) is 7.26. The molecule has 8 heteroatoms. The predicted molar refractivity (Wildman–Crippen MR) is 110 cm³/mol. The van der Waals surface area contributed by atoms with Gasteiger partial charge in [-0.3, -0.25) is 4.68 Å². The quantitative estimate of drug-likeness (QED) is 0.687. The highest BCUT2D eigenvalue weighted by atomic mass is 16.4. The first-order valence-electron chi connectivity index (χ1n) is 9.67. The van der Waals surface area contributed by atoms with Gasteiger partial charge in [0.1, 0.15) is 0 Å². The number of carboxylic acid groups (broad SMARTS) is 1. The Morgan fingerprint density at radius 2 is 1.97 bits per heavy atom. The van der Waals surface area contributed by atoms with Crippen LogP contribution in [0.5, 0.6) is 0 Å². The van der Waals surface area contributed by atoms with Gasteiger partial charge in [-0.05, 0) is 51.5 Å². The number of aryl methyl sites for hydroxylation is 1. The number of anilines is 2. The van der Waals surface area contributed by atoms with Crippen LogP contribution in [0.2, 0.25) is 0 Å². The van der Waals surface area contributed by atoms with E-state index in [-0.39, 0.29) is 5.56 Å². The molecule has 0 atom stereocenters. The third-order valence-corrected chi connectivity index (χ3v) is 5.30. The molecular formula is C21H24N6O2. The third kappa shape index (κ3) is 4.12. The first-order valence-corrected chi connectivity index (χ1v) is 9.67. The fraction of sp³-hybridized carbons (Fsp3) is 0.333. The molecule has 3 aromatic rings. The van der Waals surface area contributed by atoms with E-state index in [1.54, 1.807) is 30.6 Å². The molecule has 0 saturated carbocycles. The highest BCUT2D eigenvalue weighted by molar-refractivity contribution is 5.95. The van der Waals surface area contributed by atoms with E-state index in [9.17, 15) is 9.90 Å². The lowest BCUT2D eigenvalue weighted by Crippen LogP contribution is -2.31. The van der Waals surface area contributed by atoms with Crippen molar-refractivity contribution in [3.63, 3.8) is 0 Å². The molecule has 3 heterocycles. The minimum Gasteiger partial charge on any atom is -0.478 e. The average molecular weight is 392 g/mol. The van der Waals surface area contributed by atoms with Crippen LogP contribution < -0.4 is 5.32 Å². The van der Waals surface area contributed by atoms with E-state index >= 15 is 0 Å². The Morgan fingerprint density at radius 3 is 2.72 bits per heavy atom. The van der Waals surface area contributed by atoms with Gasteiger partial charge in [0.2, 0.25) is 5.95 Å². The van der Waals surface area contributed by atoms with Crippen molar-refractivity contribution in [2.24, 2.45) is 0 Å². The summed E-state index contributed by atoms with van der Waals surface area (Å²) >= 11 is 0. The largest absolute Gasteiger partial charge is 0.478 e. The van der Waals surface area contributed by atoms with Crippen LogP contribution in [-0.4, -0.2) is 55.9 Å². The van der Waals surface area contributed by atoms with Crippen LogP contribution in [-0.2, 0) is 0 Å². The molecule has 1 aliphatic rings. The summed E-state index contributed by atoms with van der Waals surface area (Å²) in [4.78, 5) is 22.8. The molecule has 0 radical (unpaired) electrons. The summed E-state index contributed by atoms with van der Waals surface area (Å²) in [6.45, 7) is 4.01. The van der Waals surface area contributed by atoms with E-state index in [1.165, 1.54) is 0 Å². The molecule has 4 rings (SSSR count). The van der Waals surface area contributed by atoms with Gasteiger partial charge in [0.25, 0.3) is 0 Å². The number of rotatable bonds is 5. The minimum atomic E-state index is -0.979. The van der Waals surface area contributed by atoms with Gasteiger partial charge < -0.3 is 15.3 Å². The second-order valence-electron chi connectivity index (χ2n) is 7.44. The first-order chi connectivity index (χ1) is 14.0. The number of likely N-dealkylation sites (tertiary alicyclic amines) is 1. The number of carboxylic acids is 1. The molecule has 0 aliphatic carbocycles. The lowest BCUT2D eigenvalue weighted by Gasteiger charge is -2.28. The molecule has 150 valence electrons. The molecule has 2 aromatic heterocycles. The van der Waals surface area contributed by atoms with Gasteiger partial charge in [-0.15, -0.1) is 0 Å². The molecule has 0 bridgehead atoms. The average Bonchev–Trinajstić information content (AvgIpc) is 3.18. The lowest BCUT2D eigenvalue weighted by molar-refractivity contribution is 0.0697. The van der Waals surface area contributed by atoms with Gasteiger partial charge in [0.15, 0.2) is 0 Å². The molecule has 0 amide bonds. The van der Waals surface area contributed by atoms with E-state index in [0.29, 0.717) is 23.2 Å². The molecule has 1 aliphatic heterocycles. The number of hydrogen-bond donors (Lipinski definition) is 2. The number of nitrogens with one attached hydrogen (secondary N) is 1. The normalized spacial score (nSPS) is 15.4. The van der Waals surface area contributed by atoms with Crippen LogP contribution in [0.4, 0.5) is 11.6 Å². The van der Waals surface area contributed by atoms with E-state index in [1.807, 2.05) is 23.9 Å². The Morgan fingerprint density at radius 1 is 1.21 bits per heavy atom. The smallest absolute Gasteiger partial charge is 0.336 e. The Labute approximate surface area is 169 Å². The molecule has 1 aromatic carbocycles. The predicted octanol–water partition coefficient (Wildman–Crippen LogP) is 3.36. The Hall–Kier alpha value is -3.26. The topological polar surface area (TPSA) is 96.2 Å². The fourth-order valence-corrected chi connectivity index (χ4v) is 3.64. The van der Waals surface area contributed by atoms with E-state index < -0.39 is 5.97 Å². The highest BCUT2D eigenvalue weighted by Gasteiger charge is 2.19. The van der Waals surface area contributed by atoms with Crippen molar-refractivity contribution in [3.05, 3.63) is 54.0 Å². The van der Waals surface area contributed by atoms with E-state index in [0.717, 1.165) is 37.2 Å². The summed E-state index contributed by atoms with van der Waals surface area (Å²) in [6.07, 6.45) is 7.60. The summed E-state index contributed by atoms with van der Waals surface area (Å²) < 4.78 is 2.00. The van der Waals surface area contributed by atoms with Crippen LogP contribution >= 0.6 is 0 Å². The van der Waals surface area contributed by atoms with Gasteiger partial charge in [0, 0.05) is 18.0 Å². The third-order valence-electron chi connectivity index (χ3n) is 5.30. The lowest BCUT2D eigenvalue weighted by atomic mass is 10.0. The van der Waals surface area contributed by atoms with E-state index in [4.69, 9.17) is 0 Å². The molecule has 0 unspecified atom stereocenters. The van der Waals surface area contributed by atoms with Crippen LogP contribution in [0.3, 0.4) is 0 Å². The van der Waals surface area contributed by atoms with Crippen LogP contribution in [0, 0.1) is 6.92 Å². The van der Waals surface area contributed by atoms with Gasteiger partial charge in [0.05, 0.1) is 29.2 Å². The molecular weight excluding hydrogens is 368 g/mol. The molecule has 1 saturated heterocycles. The summed E-state index contributed by atoms with van der Waals surface area (Å²) in [5.74, 6) is -0.568. The maximum Gasteiger partial charge on any atom is 0.336 e. The standard InChI is InChI=1S/C21H24N6O2/c1-14-11-22-21(25-19(14)17-5-3-4-6-18(17)20(28)29)24-15-12-23-27(13-15)16-7-9-26(2)10-8-16/h3-6,11-13,16H,7-10H2,1-2H3,(H,28,29)(H,22,24,25). The van der Waals surface area contributed by atoms with Crippen LogP contribution in [0.1, 0.15) is 34.8 Å². The first kappa shape index (κ1) is 19.1. The van der Waals surface area contributed by atoms with Crippen molar-refractivity contribution in [2.45, 2.75) is 25.8 Å². The summed E-state index contributed by atoms with van der Waals surface area (Å²) in [5.41, 5.74) is 3.01. The summed E-state index contributed by atoms with van der Waals surface area (Å²) in [7, 11) is 2.14. The number of piperidine rings is 1. The van der Waals surface area contributed by atoms with Crippen LogP contribution in [0.15, 0.2) is 42.9 Å². The van der Waals surface area contributed by atoms with Gasteiger partial charge in [-0.2, -0.15) is 5.10 Å². The minimum absolute atomic E-state index is 0.218. The molecule has 8 nitrogen and oxygen atoms in total. The van der Waals surface area contributed by atoms with Crippen molar-refractivity contribution < 1.29 is 9.90 Å². The Kier molecular flexibility index (Phi) is 5.26. The monoisotopic (exact) mass is 392 g/mol. The second kappa shape index (κ2) is 8.00. The number of benzene rings is 1. The Bertz CT molecular complexity index is 1020. The van der Waals surface area contributed by atoms with Gasteiger partial charge in [-0.25, -0.2) is 14.8 Å². The molecule has 1 fully saturated rings. The van der Waals surface area contributed by atoms with Gasteiger partial charge in [-0.1, -0.05) is 18.2 Å². The molecule has 2 N–H and O–H groups in total. The molecule has 29 heavy (non-hydrogen) atoms. The highest BCUT2D eigenvalue weighted by Crippen LogP contribution is 2.27. The SMILES string of the molecule is Cc1cnc(Nc2cnn(C3CCN(C)CC3)c2)nc1-c1ccccc1C(=O)O. The zero-order valence-corrected chi connectivity index (χ0v) is 16.5. The zero-order valence-electron chi connectivity index (χ0n) is 16.5. The zero-order chi connectivity index (χ0) is 20.4. The van der Waals surface area contributed by atoms with Gasteiger partial charge >= 0.3 is 5.97 Å². The number of aromatic nitrogens is 4. The number of aromatic carboxylic acids is 1. The van der Waals surface area contributed by atoms with Crippen molar-refractivity contribution >= 4 is 17.6 Å². The fourth-order valence-electron chi connectivity index (χ4n) is 3.64. The maximum absolute atomic E-state index is 11.6. The Balaban J connectivity index is 1.57. The van der Waals surface area contributed by atoms with Crippen molar-refractivity contribution in [3.8, 4) is 11.3 Å². The molecule has 0 spiro atoms. The number of carbonyl (C=O) groups is 1. The van der Waals surface area contributed by atoms with Crippen molar-refractivity contribution in [2.75, 3.05) is 25.5 Å². The van der Waals surface area contributed by atoms with E-state index in [2.05, 4.69) is 32.3 Å². The van der Waals surface area contributed by atoms with Crippen molar-refractivity contribution in [1.82, 2.24) is 24.6 Å².